The van der Waals surface area contributed by atoms with Crippen LogP contribution in [0, 0.1) is 11.8 Å². The van der Waals surface area contributed by atoms with Crippen molar-refractivity contribution in [2.75, 3.05) is 39.3 Å². The first-order valence-corrected chi connectivity index (χ1v) is 7.80. The van der Waals surface area contributed by atoms with Crippen molar-refractivity contribution in [1.29, 1.82) is 0 Å². The molecule has 0 radical (unpaired) electrons. The molecule has 19 heavy (non-hydrogen) atoms. The lowest BCUT2D eigenvalue weighted by molar-refractivity contribution is -0.127. The fourth-order valence-electron chi connectivity index (χ4n) is 3.12. The Labute approximate surface area is 116 Å². The average molecular weight is 268 g/mol. The number of rotatable bonds is 6. The third kappa shape index (κ3) is 4.46. The summed E-state index contributed by atoms with van der Waals surface area (Å²) in [5.41, 5.74) is 0. The summed E-state index contributed by atoms with van der Waals surface area (Å²) in [5, 5.41) is 9.08. The molecule has 1 atom stereocenters. The highest BCUT2D eigenvalue weighted by atomic mass is 16.3. The van der Waals surface area contributed by atoms with Gasteiger partial charge in [0.2, 0.25) is 5.91 Å². The second kappa shape index (κ2) is 7.25. The van der Waals surface area contributed by atoms with Gasteiger partial charge in [-0.15, -0.1) is 0 Å². The number of unbranched alkanes of at least 4 members (excludes halogenated alkanes) is 1. The van der Waals surface area contributed by atoms with Gasteiger partial charge in [-0.25, -0.2) is 0 Å². The zero-order valence-corrected chi connectivity index (χ0v) is 12.2. The summed E-state index contributed by atoms with van der Waals surface area (Å²) < 4.78 is 0. The Kier molecular flexibility index (Phi) is 5.64. The number of nitrogens with zero attached hydrogens (tertiary/aromatic N) is 2. The first-order valence-electron chi connectivity index (χ1n) is 7.80. The van der Waals surface area contributed by atoms with Crippen molar-refractivity contribution < 1.29 is 9.90 Å². The molecule has 0 saturated carbocycles. The SMILES string of the molecule is CC1CCN(CCCCN2CC(CO)CC2=O)CC1. The summed E-state index contributed by atoms with van der Waals surface area (Å²) in [7, 11) is 0. The van der Waals surface area contributed by atoms with E-state index in [0.717, 1.165) is 25.4 Å². The summed E-state index contributed by atoms with van der Waals surface area (Å²) in [4.78, 5) is 16.2. The van der Waals surface area contributed by atoms with Crippen LogP contribution in [0.15, 0.2) is 0 Å². The lowest BCUT2D eigenvalue weighted by Gasteiger charge is -2.30. The van der Waals surface area contributed by atoms with E-state index in [1.165, 1.54) is 38.9 Å². The Morgan fingerprint density at radius 3 is 2.53 bits per heavy atom. The topological polar surface area (TPSA) is 43.8 Å². The van der Waals surface area contributed by atoms with Gasteiger partial charge in [0.1, 0.15) is 0 Å². The summed E-state index contributed by atoms with van der Waals surface area (Å²) >= 11 is 0. The number of carbonyl (C=O) groups is 1. The number of likely N-dealkylation sites (tertiary alicyclic amines) is 2. The highest BCUT2D eigenvalue weighted by Crippen LogP contribution is 2.18. The maximum atomic E-state index is 11.7. The number of piperidine rings is 1. The predicted molar refractivity (Wildman–Crippen MR) is 75.8 cm³/mol. The van der Waals surface area contributed by atoms with E-state index >= 15 is 0 Å². The van der Waals surface area contributed by atoms with E-state index in [-0.39, 0.29) is 18.4 Å². The molecule has 1 unspecified atom stereocenters. The highest BCUT2D eigenvalue weighted by molar-refractivity contribution is 5.78. The zero-order chi connectivity index (χ0) is 13.7. The Bertz CT molecular complexity index is 288. The Balaban J connectivity index is 1.56. The number of hydrogen-bond donors (Lipinski definition) is 1. The normalized spacial score (nSPS) is 26.3. The molecule has 1 amide bonds. The fourth-order valence-corrected chi connectivity index (χ4v) is 3.12. The van der Waals surface area contributed by atoms with Crippen LogP contribution >= 0.6 is 0 Å². The quantitative estimate of drug-likeness (QED) is 0.739. The molecule has 0 aromatic rings. The molecular weight excluding hydrogens is 240 g/mol. The molecule has 2 rings (SSSR count). The molecule has 0 bridgehead atoms. The van der Waals surface area contributed by atoms with E-state index < -0.39 is 0 Å². The summed E-state index contributed by atoms with van der Waals surface area (Å²) in [6.07, 6.45) is 5.49. The zero-order valence-electron chi connectivity index (χ0n) is 12.2. The summed E-state index contributed by atoms with van der Waals surface area (Å²) in [6, 6.07) is 0. The van der Waals surface area contributed by atoms with Crippen molar-refractivity contribution in [3.63, 3.8) is 0 Å². The lowest BCUT2D eigenvalue weighted by atomic mass is 9.99. The number of aliphatic hydroxyl groups is 1. The molecule has 4 heteroatoms. The van der Waals surface area contributed by atoms with Crippen LogP contribution in [0.3, 0.4) is 0 Å². The average Bonchev–Trinajstić information content (AvgIpc) is 2.77. The number of carbonyl (C=O) groups excluding carboxylic acids is 1. The van der Waals surface area contributed by atoms with Gasteiger partial charge >= 0.3 is 0 Å². The molecule has 0 aromatic carbocycles. The van der Waals surface area contributed by atoms with Gasteiger partial charge < -0.3 is 14.9 Å². The third-order valence-electron chi connectivity index (χ3n) is 4.58. The maximum Gasteiger partial charge on any atom is 0.223 e. The summed E-state index contributed by atoms with van der Waals surface area (Å²) in [6.45, 7) is 7.79. The van der Waals surface area contributed by atoms with Crippen molar-refractivity contribution in [1.82, 2.24) is 9.80 Å². The third-order valence-corrected chi connectivity index (χ3v) is 4.58. The maximum absolute atomic E-state index is 11.7. The molecule has 1 N–H and O–H groups in total. The van der Waals surface area contributed by atoms with Crippen LogP contribution in [0.4, 0.5) is 0 Å². The Morgan fingerprint density at radius 2 is 1.89 bits per heavy atom. The molecule has 2 fully saturated rings. The highest BCUT2D eigenvalue weighted by Gasteiger charge is 2.28. The minimum Gasteiger partial charge on any atom is -0.396 e. The van der Waals surface area contributed by atoms with E-state index in [1.807, 2.05) is 4.90 Å². The van der Waals surface area contributed by atoms with E-state index in [2.05, 4.69) is 11.8 Å². The van der Waals surface area contributed by atoms with Crippen LogP contribution in [0.2, 0.25) is 0 Å². The number of aliphatic hydroxyl groups excluding tert-OH is 1. The second-order valence-corrected chi connectivity index (χ2v) is 6.32. The molecule has 110 valence electrons. The van der Waals surface area contributed by atoms with Crippen LogP contribution in [-0.4, -0.2) is 60.1 Å². The van der Waals surface area contributed by atoms with Crippen LogP contribution in [0.5, 0.6) is 0 Å². The van der Waals surface area contributed by atoms with Gasteiger partial charge in [0.15, 0.2) is 0 Å². The summed E-state index contributed by atoms with van der Waals surface area (Å²) in [5.74, 6) is 1.30. The minimum atomic E-state index is 0.147. The molecule has 0 spiro atoms. The van der Waals surface area contributed by atoms with Gasteiger partial charge in [0.25, 0.3) is 0 Å². The molecular formula is C15H28N2O2. The Morgan fingerprint density at radius 1 is 1.21 bits per heavy atom. The van der Waals surface area contributed by atoms with Gasteiger partial charge in [-0.1, -0.05) is 6.92 Å². The largest absolute Gasteiger partial charge is 0.396 e. The number of hydrogen-bond acceptors (Lipinski definition) is 3. The van der Waals surface area contributed by atoms with Crippen LogP contribution in [0.1, 0.15) is 39.0 Å². The van der Waals surface area contributed by atoms with E-state index in [4.69, 9.17) is 5.11 Å². The molecule has 2 aliphatic rings. The van der Waals surface area contributed by atoms with E-state index in [0.29, 0.717) is 6.42 Å². The molecule has 2 saturated heterocycles. The lowest BCUT2D eigenvalue weighted by Crippen LogP contribution is -2.34. The van der Waals surface area contributed by atoms with Gasteiger partial charge in [-0.3, -0.25) is 4.79 Å². The smallest absolute Gasteiger partial charge is 0.223 e. The van der Waals surface area contributed by atoms with Gasteiger partial charge in [0, 0.05) is 32.0 Å². The Hall–Kier alpha value is -0.610. The van der Waals surface area contributed by atoms with Crippen molar-refractivity contribution in [2.45, 2.75) is 39.0 Å². The predicted octanol–water partition coefficient (Wildman–Crippen LogP) is 1.34. The minimum absolute atomic E-state index is 0.147. The first-order chi connectivity index (χ1) is 9.19. The first kappa shape index (κ1) is 14.8. The molecule has 4 nitrogen and oxygen atoms in total. The molecule has 2 aliphatic heterocycles. The van der Waals surface area contributed by atoms with Crippen molar-refractivity contribution in [2.24, 2.45) is 11.8 Å². The van der Waals surface area contributed by atoms with Gasteiger partial charge in [0.05, 0.1) is 0 Å². The van der Waals surface area contributed by atoms with Gasteiger partial charge in [-0.2, -0.15) is 0 Å². The van der Waals surface area contributed by atoms with Crippen LogP contribution in [-0.2, 0) is 4.79 Å². The molecule has 2 heterocycles. The van der Waals surface area contributed by atoms with E-state index in [1.54, 1.807) is 0 Å². The second-order valence-electron chi connectivity index (χ2n) is 6.32. The standard InChI is InChI=1S/C15H28N2O2/c1-13-4-8-16(9-5-13)6-2-3-7-17-11-14(12-18)10-15(17)19/h13-14,18H,2-12H2,1H3. The number of amides is 1. The van der Waals surface area contributed by atoms with Crippen molar-refractivity contribution in [3.8, 4) is 0 Å². The van der Waals surface area contributed by atoms with Crippen LogP contribution in [0.25, 0.3) is 0 Å². The molecule has 0 aliphatic carbocycles. The molecule has 0 aromatic heterocycles. The van der Waals surface area contributed by atoms with Crippen molar-refractivity contribution >= 4 is 5.91 Å². The van der Waals surface area contributed by atoms with Crippen LogP contribution < -0.4 is 0 Å². The van der Waals surface area contributed by atoms with Crippen molar-refractivity contribution in [3.05, 3.63) is 0 Å². The fraction of sp³-hybridized carbons (Fsp3) is 0.933. The van der Waals surface area contributed by atoms with E-state index in [9.17, 15) is 4.79 Å². The van der Waals surface area contributed by atoms with Gasteiger partial charge in [-0.05, 0) is 51.2 Å². The monoisotopic (exact) mass is 268 g/mol.